The summed E-state index contributed by atoms with van der Waals surface area (Å²) in [6.45, 7) is 0. The molecule has 0 aliphatic rings. The van der Waals surface area contributed by atoms with Gasteiger partial charge in [0, 0.05) is 5.92 Å². The maximum absolute atomic E-state index is 6.00. The predicted molar refractivity (Wildman–Crippen MR) is 105 cm³/mol. The fraction of sp³-hybridized carbons (Fsp3) is 0.0417. The van der Waals surface area contributed by atoms with Crippen molar-refractivity contribution >= 4 is 11.1 Å². The van der Waals surface area contributed by atoms with Gasteiger partial charge in [0.25, 0.3) is 0 Å². The SMILES string of the molecule is [Fe+2].c1cc[cH-]c1.c1ccc(C(c2nc3ccccc3o2)[c-]2cccc2)cc1. The second kappa shape index (κ2) is 9.18. The molecule has 0 aliphatic heterocycles. The van der Waals surface area contributed by atoms with E-state index in [9.17, 15) is 0 Å². The van der Waals surface area contributed by atoms with E-state index in [2.05, 4.69) is 29.2 Å². The second-order valence-corrected chi connectivity index (χ2v) is 6.04. The van der Waals surface area contributed by atoms with Crippen LogP contribution in [0, 0.1) is 0 Å². The molecule has 0 aliphatic carbocycles. The van der Waals surface area contributed by atoms with E-state index in [4.69, 9.17) is 4.42 Å². The van der Waals surface area contributed by atoms with Gasteiger partial charge in [-0.3, -0.25) is 0 Å². The molecule has 2 nitrogen and oxygen atoms in total. The molecule has 134 valence electrons. The molecule has 0 radical (unpaired) electrons. The van der Waals surface area contributed by atoms with Crippen LogP contribution in [0.2, 0.25) is 0 Å². The van der Waals surface area contributed by atoms with E-state index >= 15 is 0 Å². The van der Waals surface area contributed by atoms with E-state index in [1.165, 1.54) is 11.1 Å². The van der Waals surface area contributed by atoms with Crippen molar-refractivity contribution in [1.29, 1.82) is 0 Å². The number of rotatable bonds is 3. The van der Waals surface area contributed by atoms with E-state index in [0.29, 0.717) is 0 Å². The van der Waals surface area contributed by atoms with Crippen LogP contribution in [-0.4, -0.2) is 4.98 Å². The standard InChI is InChI=1S/C19H14NO.C5H5.Fe/c1-2-8-14(9-3-1)18(15-10-4-5-11-15)19-20-16-12-6-7-13-17(16)21-19;1-2-4-5-3-1;/h1-13,18H;1-5H;/q2*-1;+2. The molecule has 0 spiro atoms. The van der Waals surface area contributed by atoms with Crippen LogP contribution in [0.3, 0.4) is 0 Å². The van der Waals surface area contributed by atoms with Crippen LogP contribution in [-0.2, 0) is 17.1 Å². The summed E-state index contributed by atoms with van der Waals surface area (Å²) in [5.41, 5.74) is 4.13. The maximum atomic E-state index is 6.00. The summed E-state index contributed by atoms with van der Waals surface area (Å²) in [6, 6.07) is 36.6. The molecule has 5 rings (SSSR count). The summed E-state index contributed by atoms with van der Waals surface area (Å²) in [5, 5.41) is 0. The first-order valence-corrected chi connectivity index (χ1v) is 8.70. The van der Waals surface area contributed by atoms with Gasteiger partial charge >= 0.3 is 17.1 Å². The number of fused-ring (bicyclic) bond motifs is 1. The summed E-state index contributed by atoms with van der Waals surface area (Å²) in [7, 11) is 0. The molecule has 1 unspecified atom stereocenters. The summed E-state index contributed by atoms with van der Waals surface area (Å²) < 4.78 is 6.00. The Kier molecular flexibility index (Phi) is 6.43. The fourth-order valence-electron chi connectivity index (χ4n) is 3.04. The van der Waals surface area contributed by atoms with Crippen LogP contribution in [0.1, 0.15) is 22.9 Å². The van der Waals surface area contributed by atoms with E-state index < -0.39 is 0 Å². The molecule has 0 amide bonds. The Morgan fingerprint density at radius 3 is 2.07 bits per heavy atom. The van der Waals surface area contributed by atoms with E-state index in [0.717, 1.165) is 17.0 Å². The summed E-state index contributed by atoms with van der Waals surface area (Å²) >= 11 is 0. The Labute approximate surface area is 169 Å². The van der Waals surface area contributed by atoms with Crippen LogP contribution in [0.5, 0.6) is 0 Å². The predicted octanol–water partition coefficient (Wildman–Crippen LogP) is 6.13. The van der Waals surface area contributed by atoms with Gasteiger partial charge in [0.05, 0.1) is 0 Å². The summed E-state index contributed by atoms with van der Waals surface area (Å²) in [6.07, 6.45) is 0. The number of nitrogens with zero attached hydrogens (tertiary/aromatic N) is 1. The van der Waals surface area contributed by atoms with Crippen LogP contribution >= 0.6 is 0 Å². The minimum Gasteiger partial charge on any atom is -0.441 e. The molecule has 1 heterocycles. The number of para-hydroxylation sites is 2. The number of aromatic nitrogens is 1. The first-order chi connectivity index (χ1) is 12.9. The van der Waals surface area contributed by atoms with Gasteiger partial charge < -0.3 is 4.42 Å². The van der Waals surface area contributed by atoms with Crippen molar-refractivity contribution in [3.63, 3.8) is 0 Å². The zero-order chi connectivity index (χ0) is 17.6. The van der Waals surface area contributed by atoms with Crippen LogP contribution < -0.4 is 0 Å². The van der Waals surface area contributed by atoms with Gasteiger partial charge in [-0.2, -0.15) is 30.3 Å². The average molecular weight is 393 g/mol. The third kappa shape index (κ3) is 4.46. The molecule has 0 fully saturated rings. The molecule has 0 saturated heterocycles. The van der Waals surface area contributed by atoms with Gasteiger partial charge in [0.15, 0.2) is 11.5 Å². The molecular formula is C24H19FeNO. The molecule has 0 bridgehead atoms. The molecule has 5 aromatic rings. The Balaban J connectivity index is 0.000000306. The quantitative estimate of drug-likeness (QED) is 0.272. The van der Waals surface area contributed by atoms with Gasteiger partial charge in [0.1, 0.15) is 5.52 Å². The van der Waals surface area contributed by atoms with Gasteiger partial charge in [-0.05, 0) is 17.7 Å². The van der Waals surface area contributed by atoms with Gasteiger partial charge in [-0.25, -0.2) is 29.2 Å². The topological polar surface area (TPSA) is 26.0 Å². The number of benzene rings is 2. The third-order valence-corrected chi connectivity index (χ3v) is 4.27. The van der Waals surface area contributed by atoms with Gasteiger partial charge in [0.2, 0.25) is 0 Å². The van der Waals surface area contributed by atoms with Crippen LogP contribution in [0.15, 0.2) is 114 Å². The minimum absolute atomic E-state index is 0. The number of hydrogen-bond donors (Lipinski definition) is 0. The smallest absolute Gasteiger partial charge is 0.441 e. The monoisotopic (exact) mass is 393 g/mol. The molecule has 0 N–H and O–H groups in total. The molecule has 1 aromatic heterocycles. The summed E-state index contributed by atoms with van der Waals surface area (Å²) in [4.78, 5) is 4.68. The third-order valence-electron chi connectivity index (χ3n) is 4.27. The summed E-state index contributed by atoms with van der Waals surface area (Å²) in [5.74, 6) is 0.780. The average Bonchev–Trinajstić information content (AvgIpc) is 3.46. The van der Waals surface area contributed by atoms with Crippen LogP contribution in [0.25, 0.3) is 11.1 Å². The first kappa shape index (κ1) is 18.9. The molecule has 1 atom stereocenters. The number of oxazole rings is 1. The zero-order valence-corrected chi connectivity index (χ0v) is 15.8. The Morgan fingerprint density at radius 2 is 1.44 bits per heavy atom. The van der Waals surface area contributed by atoms with Crippen LogP contribution in [0.4, 0.5) is 0 Å². The number of hydrogen-bond acceptors (Lipinski definition) is 2. The minimum atomic E-state index is 0. The molecule has 3 heteroatoms. The first-order valence-electron chi connectivity index (χ1n) is 8.70. The normalized spacial score (nSPS) is 11.3. The Morgan fingerprint density at radius 1 is 0.778 bits per heavy atom. The van der Waals surface area contributed by atoms with Gasteiger partial charge in [-0.1, -0.05) is 42.5 Å². The zero-order valence-electron chi connectivity index (χ0n) is 14.7. The van der Waals surface area contributed by atoms with E-state index in [1.54, 1.807) is 0 Å². The van der Waals surface area contributed by atoms with Crippen molar-refractivity contribution < 1.29 is 21.5 Å². The van der Waals surface area contributed by atoms with Crippen molar-refractivity contribution in [2.75, 3.05) is 0 Å². The fourth-order valence-corrected chi connectivity index (χ4v) is 3.04. The molecule has 27 heavy (non-hydrogen) atoms. The molecular weight excluding hydrogens is 374 g/mol. The van der Waals surface area contributed by atoms with Crippen molar-refractivity contribution in [3.8, 4) is 0 Å². The van der Waals surface area contributed by atoms with Crippen molar-refractivity contribution in [2.24, 2.45) is 0 Å². The molecule has 0 saturated carbocycles. The Bertz CT molecular complexity index is 980. The Hall–Kier alpha value is -2.87. The van der Waals surface area contributed by atoms with Gasteiger partial charge in [-0.15, -0.1) is 5.56 Å². The largest absolute Gasteiger partial charge is 2.00 e. The van der Waals surface area contributed by atoms with E-state index in [1.807, 2.05) is 84.9 Å². The van der Waals surface area contributed by atoms with Crippen molar-refractivity contribution in [1.82, 2.24) is 4.98 Å². The maximum Gasteiger partial charge on any atom is 2.00 e. The second-order valence-electron chi connectivity index (χ2n) is 6.04. The van der Waals surface area contributed by atoms with Crippen molar-refractivity contribution in [2.45, 2.75) is 5.92 Å². The molecule has 4 aromatic carbocycles. The van der Waals surface area contributed by atoms with Crippen molar-refractivity contribution in [3.05, 3.63) is 126 Å². The van der Waals surface area contributed by atoms with E-state index in [-0.39, 0.29) is 23.0 Å².